The minimum atomic E-state index is -0.307. The predicted octanol–water partition coefficient (Wildman–Crippen LogP) is 2.46. The molecule has 0 saturated carbocycles. The lowest BCUT2D eigenvalue weighted by molar-refractivity contribution is -0.113. The molecule has 1 fully saturated rings. The van der Waals surface area contributed by atoms with Crippen LogP contribution in [-0.2, 0) is 4.79 Å². The van der Waals surface area contributed by atoms with Crippen molar-refractivity contribution < 1.29 is 4.79 Å². The van der Waals surface area contributed by atoms with Crippen molar-refractivity contribution in [1.82, 2.24) is 45.3 Å². The smallest absolute Gasteiger partial charge is 0.255 e. The molecule has 0 bridgehead atoms. The zero-order valence-electron chi connectivity index (χ0n) is 22.9. The largest absolute Gasteiger partial charge is 0.353 e. The number of carbonyl (C=O) groups excluding carboxylic acids is 1. The molecule has 0 aliphatic carbocycles. The second-order valence-corrected chi connectivity index (χ2v) is 10.5. The number of rotatable bonds is 4. The van der Waals surface area contributed by atoms with Crippen LogP contribution in [0.5, 0.6) is 0 Å². The molecule has 202 valence electrons. The number of carbonyl (C=O) groups is 1. The second kappa shape index (κ2) is 9.42. The molecular weight excluding hydrogens is 496 g/mol. The Morgan fingerprint density at radius 1 is 1.08 bits per heavy atom. The van der Waals surface area contributed by atoms with Crippen LogP contribution >= 0.6 is 0 Å². The van der Waals surface area contributed by atoms with Gasteiger partial charge in [0, 0.05) is 55.1 Å². The van der Waals surface area contributed by atoms with E-state index in [1.165, 1.54) is 0 Å². The normalized spacial score (nSPS) is 21.9. The number of likely N-dealkylation sites (N-methyl/N-ethyl adjacent to an activating group) is 1. The van der Waals surface area contributed by atoms with Gasteiger partial charge in [-0.15, -0.1) is 0 Å². The summed E-state index contributed by atoms with van der Waals surface area (Å²) in [5.74, 6) is 1.28. The second-order valence-electron chi connectivity index (χ2n) is 10.5. The van der Waals surface area contributed by atoms with E-state index >= 15 is 0 Å². The molecule has 1 aromatic carbocycles. The number of nitrogens with one attached hydrogen (secondary N) is 2. The number of hydrogen-bond acceptors (Lipinski definition) is 10. The van der Waals surface area contributed by atoms with E-state index in [1.807, 2.05) is 50.1 Å². The maximum Gasteiger partial charge on any atom is 0.255 e. The van der Waals surface area contributed by atoms with Crippen LogP contribution in [-0.4, -0.2) is 90.4 Å². The summed E-state index contributed by atoms with van der Waals surface area (Å²) in [5.41, 5.74) is 4.34. The third-order valence-electron chi connectivity index (χ3n) is 8.10. The molecule has 3 atom stereocenters. The minimum Gasteiger partial charge on any atom is -0.353 e. The fourth-order valence-electron chi connectivity index (χ4n) is 5.50. The number of fused-ring (bicyclic) bond motifs is 2. The van der Waals surface area contributed by atoms with Crippen LogP contribution < -0.4 is 15.1 Å². The Bertz CT molecular complexity index is 1580. The highest BCUT2D eigenvalue weighted by molar-refractivity contribution is 6.07. The van der Waals surface area contributed by atoms with Gasteiger partial charge in [-0.1, -0.05) is 5.10 Å². The maximum atomic E-state index is 13.5. The molecule has 2 aliphatic rings. The van der Waals surface area contributed by atoms with E-state index in [0.717, 1.165) is 41.2 Å². The Labute approximate surface area is 225 Å². The molecule has 0 spiro atoms. The number of anilines is 3. The van der Waals surface area contributed by atoms with Crippen LogP contribution in [0.4, 0.5) is 17.5 Å². The molecule has 3 aromatic heterocycles. The maximum absolute atomic E-state index is 13.5. The SMILES string of the molecule is CC1=C(C(=O)Nc2ccc3[nH]nc(-c4cc(N5C[C@@H](C)N(C)[C@@H](C)C5)ncn4)c3c2)[C@@H](C)n2nnnc2N1C. The summed E-state index contributed by atoms with van der Waals surface area (Å²) in [6, 6.07) is 8.20. The van der Waals surface area contributed by atoms with E-state index in [0.29, 0.717) is 35.0 Å². The van der Waals surface area contributed by atoms with Crippen molar-refractivity contribution in [1.29, 1.82) is 0 Å². The Morgan fingerprint density at radius 2 is 1.85 bits per heavy atom. The average molecular weight is 529 g/mol. The van der Waals surface area contributed by atoms with Crippen LogP contribution in [0.3, 0.4) is 0 Å². The summed E-state index contributed by atoms with van der Waals surface area (Å²) in [7, 11) is 4.01. The van der Waals surface area contributed by atoms with Crippen LogP contribution in [0.15, 0.2) is 41.9 Å². The van der Waals surface area contributed by atoms with E-state index in [2.05, 4.69) is 71.7 Å². The van der Waals surface area contributed by atoms with Gasteiger partial charge in [-0.3, -0.25) is 14.8 Å². The topological polar surface area (TPSA) is 137 Å². The first-order valence-corrected chi connectivity index (χ1v) is 13.0. The first-order chi connectivity index (χ1) is 18.7. The molecular formula is C26H32N12O. The van der Waals surface area contributed by atoms with Gasteiger partial charge in [0.1, 0.15) is 17.8 Å². The molecule has 0 radical (unpaired) electrons. The standard InChI is InChI=1S/C26H32N12O/c1-14-11-37(12-15(2)35(14)5)22-10-21(27-13-28-22)24-19-9-18(7-8-20(19)30-31-24)29-25(39)23-16(3)36(6)26-32-33-34-38(26)17(23)4/h7-10,13-15,17H,11-12H2,1-6H3,(H,29,39)(H,30,31)/t14-,15+,17-/m1/s1. The lowest BCUT2D eigenvalue weighted by atomic mass is 10.0. The fraction of sp³-hybridized carbons (Fsp3) is 0.423. The summed E-state index contributed by atoms with van der Waals surface area (Å²) >= 11 is 0. The van der Waals surface area contributed by atoms with Gasteiger partial charge in [0.05, 0.1) is 22.8 Å². The van der Waals surface area contributed by atoms with Gasteiger partial charge in [0.15, 0.2) is 0 Å². The molecule has 2 N–H and O–H groups in total. The number of tetrazole rings is 1. The number of allylic oxidation sites excluding steroid dienone is 1. The van der Waals surface area contributed by atoms with Crippen molar-refractivity contribution in [2.75, 3.05) is 42.3 Å². The lowest BCUT2D eigenvalue weighted by Gasteiger charge is -2.42. The number of H-pyrrole nitrogens is 1. The van der Waals surface area contributed by atoms with Gasteiger partial charge in [0.25, 0.3) is 5.91 Å². The Kier molecular flexibility index (Phi) is 6.02. The van der Waals surface area contributed by atoms with Crippen molar-refractivity contribution in [3.05, 3.63) is 41.9 Å². The number of hydrogen-bond donors (Lipinski definition) is 2. The van der Waals surface area contributed by atoms with Crippen molar-refractivity contribution in [2.24, 2.45) is 0 Å². The highest BCUT2D eigenvalue weighted by atomic mass is 16.1. The first kappa shape index (κ1) is 24.9. The number of piperazine rings is 1. The zero-order valence-corrected chi connectivity index (χ0v) is 22.9. The molecule has 0 unspecified atom stereocenters. The Morgan fingerprint density at radius 3 is 2.62 bits per heavy atom. The molecule has 13 nitrogen and oxygen atoms in total. The lowest BCUT2D eigenvalue weighted by Crippen LogP contribution is -2.55. The predicted molar refractivity (Wildman–Crippen MR) is 148 cm³/mol. The van der Waals surface area contributed by atoms with Crippen LogP contribution in [0.1, 0.15) is 33.7 Å². The quantitative estimate of drug-likeness (QED) is 0.406. The van der Waals surface area contributed by atoms with Gasteiger partial charge in [0.2, 0.25) is 5.95 Å². The number of aromatic nitrogens is 8. The molecule has 1 saturated heterocycles. The third kappa shape index (κ3) is 4.18. The Balaban J connectivity index is 1.28. The van der Waals surface area contributed by atoms with E-state index in [-0.39, 0.29) is 11.9 Å². The van der Waals surface area contributed by atoms with Gasteiger partial charge < -0.3 is 15.1 Å². The fourth-order valence-corrected chi connectivity index (χ4v) is 5.50. The van der Waals surface area contributed by atoms with E-state index in [9.17, 15) is 4.79 Å². The Hall–Kier alpha value is -4.39. The van der Waals surface area contributed by atoms with Crippen LogP contribution in [0.25, 0.3) is 22.3 Å². The van der Waals surface area contributed by atoms with E-state index in [4.69, 9.17) is 0 Å². The minimum absolute atomic E-state index is 0.208. The first-order valence-electron chi connectivity index (χ1n) is 13.0. The van der Waals surface area contributed by atoms with Crippen molar-refractivity contribution in [2.45, 2.75) is 45.8 Å². The molecule has 4 aromatic rings. The molecule has 39 heavy (non-hydrogen) atoms. The monoisotopic (exact) mass is 528 g/mol. The summed E-state index contributed by atoms with van der Waals surface area (Å²) < 4.78 is 1.65. The van der Waals surface area contributed by atoms with Crippen LogP contribution in [0.2, 0.25) is 0 Å². The molecule has 1 amide bonds. The van der Waals surface area contributed by atoms with Gasteiger partial charge in [-0.2, -0.15) is 5.10 Å². The summed E-state index contributed by atoms with van der Waals surface area (Å²) in [5, 5.41) is 23.5. The number of benzene rings is 1. The highest BCUT2D eigenvalue weighted by Gasteiger charge is 2.33. The zero-order chi connectivity index (χ0) is 27.4. The molecule has 13 heteroatoms. The van der Waals surface area contributed by atoms with Crippen molar-refractivity contribution >= 4 is 34.3 Å². The van der Waals surface area contributed by atoms with Crippen LogP contribution in [0, 0.1) is 0 Å². The van der Waals surface area contributed by atoms with Gasteiger partial charge >= 0.3 is 0 Å². The number of amides is 1. The summed E-state index contributed by atoms with van der Waals surface area (Å²) in [6.07, 6.45) is 1.59. The van der Waals surface area contributed by atoms with Crippen molar-refractivity contribution in [3.8, 4) is 11.4 Å². The third-order valence-corrected chi connectivity index (χ3v) is 8.10. The number of nitrogens with zero attached hydrogens (tertiary/aromatic N) is 10. The van der Waals surface area contributed by atoms with E-state index in [1.54, 1.807) is 11.0 Å². The summed E-state index contributed by atoms with van der Waals surface area (Å²) in [4.78, 5) is 29.1. The summed E-state index contributed by atoms with van der Waals surface area (Å²) in [6.45, 7) is 10.1. The van der Waals surface area contributed by atoms with Gasteiger partial charge in [-0.05, 0) is 63.4 Å². The molecule has 5 heterocycles. The molecule has 2 aliphatic heterocycles. The van der Waals surface area contributed by atoms with Crippen molar-refractivity contribution in [3.63, 3.8) is 0 Å². The van der Waals surface area contributed by atoms with E-state index < -0.39 is 0 Å². The molecule has 6 rings (SSSR count). The van der Waals surface area contributed by atoms with Gasteiger partial charge in [-0.25, -0.2) is 14.6 Å². The number of aromatic amines is 1. The average Bonchev–Trinajstić information content (AvgIpc) is 3.58. The highest BCUT2D eigenvalue weighted by Crippen LogP contribution is 2.34.